The first kappa shape index (κ1) is 18.2. The summed E-state index contributed by atoms with van der Waals surface area (Å²) in [4.78, 5) is 13.5. The van der Waals surface area contributed by atoms with E-state index in [4.69, 9.17) is 11.5 Å². The monoisotopic (exact) mass is 379 g/mol. The van der Waals surface area contributed by atoms with Crippen molar-refractivity contribution in [3.05, 3.63) is 65.1 Å². The van der Waals surface area contributed by atoms with Crippen molar-refractivity contribution in [3.63, 3.8) is 0 Å². The number of nitroso groups, excluding NO2 is 1. The van der Waals surface area contributed by atoms with Gasteiger partial charge >= 0.3 is 0 Å². The van der Waals surface area contributed by atoms with Gasteiger partial charge in [0.05, 0.1) is 11.5 Å². The van der Waals surface area contributed by atoms with Gasteiger partial charge in [0.1, 0.15) is 5.69 Å². The third-order valence-electron chi connectivity index (χ3n) is 5.78. The summed E-state index contributed by atoms with van der Waals surface area (Å²) in [7, 11) is 0. The van der Waals surface area contributed by atoms with Gasteiger partial charge in [0.15, 0.2) is 0 Å². The van der Waals surface area contributed by atoms with E-state index in [2.05, 4.69) is 20.5 Å². The van der Waals surface area contributed by atoms with E-state index in [9.17, 15) is 4.91 Å². The molecule has 2 aromatic rings. The van der Waals surface area contributed by atoms with Gasteiger partial charge in [0, 0.05) is 49.8 Å². The van der Waals surface area contributed by atoms with Gasteiger partial charge in [-0.05, 0) is 59.9 Å². The number of hydrogen-bond acceptors (Lipinski definition) is 7. The second-order valence-electron chi connectivity index (χ2n) is 7.55. The lowest BCUT2D eigenvalue weighted by Crippen LogP contribution is -2.58. The predicted molar refractivity (Wildman–Crippen MR) is 110 cm³/mol. The first-order valence-corrected chi connectivity index (χ1v) is 9.47. The average molecular weight is 379 g/mol. The SMILES string of the molecule is N/C(=C\C=C(/N)N1CCC2(CC1)CNC2)c1ccc(-n2cccn2)cc1N=O. The number of benzene rings is 1. The first-order valence-electron chi connectivity index (χ1n) is 9.47. The number of nitrogens with two attached hydrogens (primary N) is 2. The molecule has 8 nitrogen and oxygen atoms in total. The van der Waals surface area contributed by atoms with E-state index in [0.29, 0.717) is 22.5 Å². The Hall–Kier alpha value is -3.13. The number of likely N-dealkylation sites (tertiary alicyclic amines) is 1. The molecule has 0 unspecified atom stereocenters. The Labute approximate surface area is 163 Å². The smallest absolute Gasteiger partial charge is 0.119 e. The van der Waals surface area contributed by atoms with Gasteiger partial charge in [-0.2, -0.15) is 5.10 Å². The third kappa shape index (κ3) is 3.50. The summed E-state index contributed by atoms with van der Waals surface area (Å²) in [5.41, 5.74) is 15.0. The van der Waals surface area contributed by atoms with E-state index >= 15 is 0 Å². The minimum Gasteiger partial charge on any atom is -0.398 e. The number of hydrogen-bond donors (Lipinski definition) is 3. The summed E-state index contributed by atoms with van der Waals surface area (Å²) in [6, 6.07) is 7.10. The molecule has 1 aromatic carbocycles. The lowest BCUT2D eigenvalue weighted by Gasteiger charge is -2.48. The second-order valence-corrected chi connectivity index (χ2v) is 7.55. The zero-order chi connectivity index (χ0) is 19.6. The highest BCUT2D eigenvalue weighted by molar-refractivity contribution is 5.75. The normalized spacial score (nSPS) is 19.5. The van der Waals surface area contributed by atoms with Gasteiger partial charge in [0.25, 0.3) is 0 Å². The number of nitrogens with zero attached hydrogens (tertiary/aromatic N) is 4. The van der Waals surface area contributed by atoms with Gasteiger partial charge in [-0.25, -0.2) is 4.68 Å². The molecule has 3 heterocycles. The van der Waals surface area contributed by atoms with Crippen molar-refractivity contribution in [2.75, 3.05) is 26.2 Å². The van der Waals surface area contributed by atoms with Crippen LogP contribution in [0, 0.1) is 10.3 Å². The van der Waals surface area contributed by atoms with Crippen LogP contribution in [0.15, 0.2) is 59.8 Å². The van der Waals surface area contributed by atoms with Crippen LogP contribution in [0.5, 0.6) is 0 Å². The lowest BCUT2D eigenvalue weighted by molar-refractivity contribution is 0.0695. The summed E-state index contributed by atoms with van der Waals surface area (Å²) in [5.74, 6) is 0.693. The molecule has 2 aliphatic heterocycles. The Bertz CT molecular complexity index is 903. The highest BCUT2D eigenvalue weighted by Gasteiger charge is 2.39. The minimum atomic E-state index is 0.270. The molecule has 0 saturated carbocycles. The summed E-state index contributed by atoms with van der Waals surface area (Å²) in [6.45, 7) is 4.15. The molecule has 1 aromatic heterocycles. The molecule has 0 radical (unpaired) electrons. The number of piperidine rings is 1. The van der Waals surface area contributed by atoms with Gasteiger partial charge < -0.3 is 21.7 Å². The van der Waals surface area contributed by atoms with Crippen LogP contribution in [0.2, 0.25) is 0 Å². The molecular weight excluding hydrogens is 354 g/mol. The molecule has 2 aliphatic rings. The third-order valence-corrected chi connectivity index (χ3v) is 5.78. The molecule has 0 atom stereocenters. The number of rotatable bonds is 5. The topological polar surface area (TPSA) is 115 Å². The van der Waals surface area contributed by atoms with E-state index < -0.39 is 0 Å². The zero-order valence-corrected chi connectivity index (χ0v) is 15.7. The van der Waals surface area contributed by atoms with Gasteiger partial charge in [-0.1, -0.05) is 0 Å². The summed E-state index contributed by atoms with van der Waals surface area (Å²) in [6.07, 6.45) is 9.33. The zero-order valence-electron chi connectivity index (χ0n) is 15.7. The van der Waals surface area contributed by atoms with Crippen LogP contribution in [-0.4, -0.2) is 40.9 Å². The maximum atomic E-state index is 11.3. The Morgan fingerprint density at radius 1 is 1.21 bits per heavy atom. The van der Waals surface area contributed by atoms with E-state index in [1.165, 1.54) is 0 Å². The van der Waals surface area contributed by atoms with Crippen molar-refractivity contribution in [2.45, 2.75) is 12.8 Å². The van der Waals surface area contributed by atoms with Crippen LogP contribution in [0.25, 0.3) is 11.4 Å². The Kier molecular flexibility index (Phi) is 4.87. The van der Waals surface area contributed by atoms with Crippen molar-refractivity contribution in [2.24, 2.45) is 22.1 Å². The highest BCUT2D eigenvalue weighted by Crippen LogP contribution is 2.35. The van der Waals surface area contributed by atoms with Crippen molar-refractivity contribution in [1.29, 1.82) is 0 Å². The van der Waals surface area contributed by atoms with E-state index in [-0.39, 0.29) is 5.69 Å². The molecule has 5 N–H and O–H groups in total. The van der Waals surface area contributed by atoms with Crippen LogP contribution >= 0.6 is 0 Å². The van der Waals surface area contributed by atoms with Crippen LogP contribution in [-0.2, 0) is 0 Å². The summed E-state index contributed by atoms with van der Waals surface area (Å²) >= 11 is 0. The quantitative estimate of drug-likeness (QED) is 0.541. The molecule has 0 amide bonds. The fourth-order valence-electron chi connectivity index (χ4n) is 3.85. The Morgan fingerprint density at radius 3 is 2.61 bits per heavy atom. The van der Waals surface area contributed by atoms with Crippen LogP contribution < -0.4 is 16.8 Å². The van der Waals surface area contributed by atoms with Crippen molar-refractivity contribution in [3.8, 4) is 5.69 Å². The molecule has 0 bridgehead atoms. The Balaban J connectivity index is 1.48. The first-order chi connectivity index (χ1) is 13.6. The van der Waals surface area contributed by atoms with Crippen molar-refractivity contribution < 1.29 is 0 Å². The standard InChI is InChI=1S/C20H25N7O/c21-17(4-5-19(22)26-10-6-20(7-11-26)13-23-14-20)16-3-2-15(12-18(16)25-28)27-9-1-8-24-27/h1-5,8-9,12,23H,6-7,10-11,13-14,21-22H2/b17-4-,19-5+. The fourth-order valence-corrected chi connectivity index (χ4v) is 3.85. The Morgan fingerprint density at radius 2 is 2.00 bits per heavy atom. The van der Waals surface area contributed by atoms with Crippen LogP contribution in [0.3, 0.4) is 0 Å². The molecule has 0 aliphatic carbocycles. The van der Waals surface area contributed by atoms with E-state index in [1.54, 1.807) is 35.3 Å². The number of nitrogens with one attached hydrogen (secondary N) is 1. The number of allylic oxidation sites excluding steroid dienone is 2. The lowest BCUT2D eigenvalue weighted by atomic mass is 9.73. The molecule has 8 heteroatoms. The molecule has 28 heavy (non-hydrogen) atoms. The molecule has 2 fully saturated rings. The summed E-state index contributed by atoms with van der Waals surface area (Å²) < 4.78 is 1.66. The van der Waals surface area contributed by atoms with E-state index in [1.807, 2.05) is 18.2 Å². The molecule has 2 saturated heterocycles. The fraction of sp³-hybridized carbons (Fsp3) is 0.350. The molecule has 1 spiro atoms. The van der Waals surface area contributed by atoms with Crippen molar-refractivity contribution >= 4 is 11.4 Å². The van der Waals surface area contributed by atoms with Gasteiger partial charge in [-0.3, -0.25) is 0 Å². The summed E-state index contributed by atoms with van der Waals surface area (Å²) in [5, 5.41) is 10.7. The molecule has 4 rings (SSSR count). The molecule has 146 valence electrons. The van der Waals surface area contributed by atoms with Crippen molar-refractivity contribution in [1.82, 2.24) is 20.0 Å². The number of aromatic nitrogens is 2. The van der Waals surface area contributed by atoms with Gasteiger partial charge in [-0.15, -0.1) is 4.91 Å². The minimum absolute atomic E-state index is 0.270. The average Bonchev–Trinajstić information content (AvgIpc) is 3.25. The van der Waals surface area contributed by atoms with Crippen LogP contribution in [0.1, 0.15) is 18.4 Å². The largest absolute Gasteiger partial charge is 0.398 e. The van der Waals surface area contributed by atoms with Crippen LogP contribution in [0.4, 0.5) is 5.69 Å². The maximum absolute atomic E-state index is 11.3. The predicted octanol–water partition coefficient (Wildman–Crippen LogP) is 2.06. The highest BCUT2D eigenvalue weighted by atomic mass is 16.3. The van der Waals surface area contributed by atoms with Gasteiger partial charge in [0.2, 0.25) is 0 Å². The second kappa shape index (κ2) is 7.47. The van der Waals surface area contributed by atoms with E-state index in [0.717, 1.165) is 44.7 Å². The molecular formula is C20H25N7O. The maximum Gasteiger partial charge on any atom is 0.119 e.